The summed E-state index contributed by atoms with van der Waals surface area (Å²) in [4.78, 5) is 11.0. The van der Waals surface area contributed by atoms with Crippen LogP contribution in [-0.4, -0.2) is 51.4 Å². The number of aliphatic hydroxyl groups excluding tert-OH is 3. The molecular weight excluding hydrogens is 226 g/mol. The molecular formula is C11H15NO5. The average Bonchev–Trinajstić information content (AvgIpc) is 2.34. The second-order valence-electron chi connectivity index (χ2n) is 4.08. The highest BCUT2D eigenvalue weighted by Crippen LogP contribution is 2.23. The molecule has 2 rings (SSSR count). The quantitative estimate of drug-likeness (QED) is 0.586. The molecule has 1 aromatic rings. The molecule has 1 aliphatic rings. The largest absolute Gasteiger partial charge is 0.394 e. The van der Waals surface area contributed by atoms with E-state index < -0.39 is 24.4 Å². The summed E-state index contributed by atoms with van der Waals surface area (Å²) in [6.45, 7) is -0.165. The number of pyridine rings is 1. The molecule has 0 aromatic carbocycles. The van der Waals surface area contributed by atoms with Crippen molar-refractivity contribution < 1.29 is 20.1 Å². The molecule has 1 aliphatic heterocycles. The van der Waals surface area contributed by atoms with Gasteiger partial charge in [-0.15, -0.1) is 0 Å². The van der Waals surface area contributed by atoms with Gasteiger partial charge in [-0.2, -0.15) is 0 Å². The summed E-state index contributed by atoms with van der Waals surface area (Å²) >= 11 is 0. The number of hydrogen-bond donors (Lipinski definition) is 3. The molecule has 0 radical (unpaired) electrons. The average molecular weight is 241 g/mol. The summed E-state index contributed by atoms with van der Waals surface area (Å²) in [5.74, 6) is 0. The SMILES string of the molecule is O=c1ccn([C@@H]2COC(CO)[C@H](O)C2O)cc1. The third kappa shape index (κ3) is 2.39. The van der Waals surface area contributed by atoms with Gasteiger partial charge in [0.1, 0.15) is 18.3 Å². The van der Waals surface area contributed by atoms with E-state index in [0.29, 0.717) is 0 Å². The van der Waals surface area contributed by atoms with E-state index in [1.807, 2.05) is 0 Å². The van der Waals surface area contributed by atoms with Gasteiger partial charge in [0.15, 0.2) is 5.43 Å². The van der Waals surface area contributed by atoms with E-state index in [1.54, 1.807) is 4.57 Å². The van der Waals surface area contributed by atoms with Crippen LogP contribution in [-0.2, 0) is 4.74 Å². The van der Waals surface area contributed by atoms with Crippen LogP contribution in [0.5, 0.6) is 0 Å². The second kappa shape index (κ2) is 4.97. The van der Waals surface area contributed by atoms with Gasteiger partial charge in [-0.1, -0.05) is 0 Å². The molecule has 0 spiro atoms. The number of hydrogen-bond acceptors (Lipinski definition) is 5. The zero-order valence-corrected chi connectivity index (χ0v) is 9.14. The van der Waals surface area contributed by atoms with E-state index in [9.17, 15) is 15.0 Å². The molecule has 94 valence electrons. The maximum atomic E-state index is 11.0. The van der Waals surface area contributed by atoms with Gasteiger partial charge >= 0.3 is 0 Å². The zero-order chi connectivity index (χ0) is 12.4. The van der Waals surface area contributed by atoms with Gasteiger partial charge in [-0.05, 0) is 0 Å². The first-order chi connectivity index (χ1) is 8.13. The molecule has 1 fully saturated rings. The highest BCUT2D eigenvalue weighted by Gasteiger charge is 2.38. The number of aliphatic hydroxyl groups is 3. The number of rotatable bonds is 2. The molecule has 1 aromatic heterocycles. The summed E-state index contributed by atoms with van der Waals surface area (Å²) in [5.41, 5.74) is -0.124. The molecule has 2 unspecified atom stereocenters. The summed E-state index contributed by atoms with van der Waals surface area (Å²) in [7, 11) is 0. The van der Waals surface area contributed by atoms with Crippen molar-refractivity contribution in [3.63, 3.8) is 0 Å². The van der Waals surface area contributed by atoms with Crippen LogP contribution >= 0.6 is 0 Å². The fraction of sp³-hybridized carbons (Fsp3) is 0.545. The lowest BCUT2D eigenvalue weighted by atomic mass is 9.98. The van der Waals surface area contributed by atoms with Crippen LogP contribution < -0.4 is 5.43 Å². The van der Waals surface area contributed by atoms with Crippen molar-refractivity contribution in [1.29, 1.82) is 0 Å². The Morgan fingerprint density at radius 2 is 1.94 bits per heavy atom. The highest BCUT2D eigenvalue weighted by molar-refractivity contribution is 4.99. The monoisotopic (exact) mass is 241 g/mol. The van der Waals surface area contributed by atoms with Crippen LogP contribution in [0.2, 0.25) is 0 Å². The summed E-state index contributed by atoms with van der Waals surface area (Å²) < 4.78 is 6.86. The summed E-state index contributed by atoms with van der Waals surface area (Å²) in [6.07, 6.45) is 0.124. The standard InChI is InChI=1S/C11H15NO5/c13-5-9-11(16)10(15)8(6-17-9)12-3-1-7(14)2-4-12/h1-4,8-11,13,15-16H,5-6H2/t8-,9?,10?,11+/m1/s1. The number of aromatic nitrogens is 1. The minimum absolute atomic E-state index is 0.124. The van der Waals surface area contributed by atoms with Gasteiger partial charge in [0.25, 0.3) is 0 Å². The number of ether oxygens (including phenoxy) is 1. The van der Waals surface area contributed by atoms with Crippen LogP contribution in [0.1, 0.15) is 6.04 Å². The lowest BCUT2D eigenvalue weighted by molar-refractivity contribution is -0.169. The normalized spacial score (nSPS) is 33.6. The van der Waals surface area contributed by atoms with E-state index in [4.69, 9.17) is 9.84 Å². The van der Waals surface area contributed by atoms with Crippen LogP contribution in [0, 0.1) is 0 Å². The Balaban J connectivity index is 2.18. The Labute approximate surface area is 97.7 Å². The van der Waals surface area contributed by atoms with E-state index in [2.05, 4.69) is 0 Å². The molecule has 6 heteroatoms. The van der Waals surface area contributed by atoms with Crippen molar-refractivity contribution in [3.8, 4) is 0 Å². The molecule has 0 aliphatic carbocycles. The van der Waals surface area contributed by atoms with Crippen molar-refractivity contribution in [2.24, 2.45) is 0 Å². The lowest BCUT2D eigenvalue weighted by Gasteiger charge is -2.37. The first-order valence-corrected chi connectivity index (χ1v) is 5.40. The number of nitrogens with zero attached hydrogens (tertiary/aromatic N) is 1. The lowest BCUT2D eigenvalue weighted by Crippen LogP contribution is -2.51. The van der Waals surface area contributed by atoms with Gasteiger partial charge in [0, 0.05) is 24.5 Å². The molecule has 0 bridgehead atoms. The zero-order valence-electron chi connectivity index (χ0n) is 9.14. The smallest absolute Gasteiger partial charge is 0.181 e. The molecule has 17 heavy (non-hydrogen) atoms. The maximum absolute atomic E-state index is 11.0. The summed E-state index contributed by atoms with van der Waals surface area (Å²) in [6, 6.07) is 2.28. The van der Waals surface area contributed by atoms with Gasteiger partial charge in [-0.25, -0.2) is 0 Å². The van der Waals surface area contributed by atoms with Crippen molar-refractivity contribution in [3.05, 3.63) is 34.7 Å². The van der Waals surface area contributed by atoms with Gasteiger partial charge in [0.2, 0.25) is 0 Å². The van der Waals surface area contributed by atoms with Gasteiger partial charge in [0.05, 0.1) is 19.3 Å². The molecule has 0 saturated carbocycles. The molecule has 1 saturated heterocycles. The van der Waals surface area contributed by atoms with Gasteiger partial charge in [-0.3, -0.25) is 4.79 Å². The first-order valence-electron chi connectivity index (χ1n) is 5.40. The highest BCUT2D eigenvalue weighted by atomic mass is 16.5. The first kappa shape index (κ1) is 12.3. The Hall–Kier alpha value is -1.21. The minimum Gasteiger partial charge on any atom is -0.394 e. The molecule has 4 atom stereocenters. The predicted octanol–water partition coefficient (Wildman–Crippen LogP) is -1.50. The van der Waals surface area contributed by atoms with E-state index in [0.717, 1.165) is 0 Å². The fourth-order valence-corrected chi connectivity index (χ4v) is 1.94. The third-order valence-corrected chi connectivity index (χ3v) is 2.99. The second-order valence-corrected chi connectivity index (χ2v) is 4.08. The van der Waals surface area contributed by atoms with Crippen LogP contribution in [0.4, 0.5) is 0 Å². The minimum atomic E-state index is -1.14. The Morgan fingerprint density at radius 1 is 1.29 bits per heavy atom. The van der Waals surface area contributed by atoms with Crippen LogP contribution in [0.25, 0.3) is 0 Å². The van der Waals surface area contributed by atoms with E-state index in [1.165, 1.54) is 24.5 Å². The van der Waals surface area contributed by atoms with E-state index >= 15 is 0 Å². The van der Waals surface area contributed by atoms with E-state index in [-0.39, 0.29) is 18.6 Å². The molecule has 6 nitrogen and oxygen atoms in total. The Morgan fingerprint density at radius 3 is 2.53 bits per heavy atom. The van der Waals surface area contributed by atoms with Gasteiger partial charge < -0.3 is 24.6 Å². The van der Waals surface area contributed by atoms with Crippen molar-refractivity contribution in [2.45, 2.75) is 24.4 Å². The van der Waals surface area contributed by atoms with Crippen molar-refractivity contribution in [2.75, 3.05) is 13.2 Å². The topological polar surface area (TPSA) is 91.9 Å². The fourth-order valence-electron chi connectivity index (χ4n) is 1.94. The Bertz CT molecular complexity index is 412. The summed E-state index contributed by atoms with van der Waals surface area (Å²) in [5, 5.41) is 28.6. The predicted molar refractivity (Wildman–Crippen MR) is 58.6 cm³/mol. The van der Waals surface area contributed by atoms with Crippen LogP contribution in [0.15, 0.2) is 29.3 Å². The molecule has 2 heterocycles. The third-order valence-electron chi connectivity index (χ3n) is 2.99. The van der Waals surface area contributed by atoms with Crippen molar-refractivity contribution >= 4 is 0 Å². The maximum Gasteiger partial charge on any atom is 0.181 e. The van der Waals surface area contributed by atoms with Crippen LogP contribution in [0.3, 0.4) is 0 Å². The van der Waals surface area contributed by atoms with Crippen molar-refractivity contribution in [1.82, 2.24) is 4.57 Å². The molecule has 3 N–H and O–H groups in total. The Kier molecular flexibility index (Phi) is 3.58. The molecule has 0 amide bonds.